The molecule has 0 bridgehead atoms. The van der Waals surface area contributed by atoms with Gasteiger partial charge in [0.05, 0.1) is 17.8 Å². The molecule has 4 rings (SSSR count). The fourth-order valence-corrected chi connectivity index (χ4v) is 2.61. The minimum atomic E-state index is -0.292. The molecule has 1 aromatic carbocycles. The number of nitrogens with one attached hydrogen (secondary N) is 2. The highest BCUT2D eigenvalue weighted by molar-refractivity contribution is 6.02. The number of rotatable bonds is 5. The molecule has 4 aromatic rings. The first-order valence-corrected chi connectivity index (χ1v) is 8.23. The van der Waals surface area contributed by atoms with Crippen molar-refractivity contribution in [2.75, 3.05) is 16.4 Å². The van der Waals surface area contributed by atoms with Crippen LogP contribution in [0, 0.1) is 0 Å². The van der Waals surface area contributed by atoms with Gasteiger partial charge in [-0.1, -0.05) is 12.1 Å². The molecule has 0 saturated heterocycles. The first-order chi connectivity index (χ1) is 13.1. The lowest BCUT2D eigenvalue weighted by molar-refractivity contribution is 0.0996. The SMILES string of the molecule is Cn1ncc2c(N)nc(NCc3ccc(NC(=O)c4ccco4)cc3)nc21. The van der Waals surface area contributed by atoms with Crippen molar-refractivity contribution >= 4 is 34.4 Å². The molecule has 27 heavy (non-hydrogen) atoms. The Labute approximate surface area is 154 Å². The van der Waals surface area contributed by atoms with Gasteiger partial charge in [-0.3, -0.25) is 9.48 Å². The van der Waals surface area contributed by atoms with Gasteiger partial charge in [0.1, 0.15) is 5.82 Å². The third kappa shape index (κ3) is 3.43. The molecule has 136 valence electrons. The number of nitrogen functional groups attached to an aromatic ring is 1. The molecule has 0 fully saturated rings. The molecule has 4 N–H and O–H groups in total. The molecule has 3 heterocycles. The van der Waals surface area contributed by atoms with Gasteiger partial charge < -0.3 is 20.8 Å². The van der Waals surface area contributed by atoms with Crippen LogP contribution < -0.4 is 16.4 Å². The minimum Gasteiger partial charge on any atom is -0.459 e. The van der Waals surface area contributed by atoms with Crippen LogP contribution in [0.4, 0.5) is 17.5 Å². The third-order valence-electron chi connectivity index (χ3n) is 4.03. The fourth-order valence-electron chi connectivity index (χ4n) is 2.61. The summed E-state index contributed by atoms with van der Waals surface area (Å²) in [6.45, 7) is 0.509. The summed E-state index contributed by atoms with van der Waals surface area (Å²) in [5.74, 6) is 0.783. The summed E-state index contributed by atoms with van der Waals surface area (Å²) in [5.41, 5.74) is 8.30. The zero-order valence-electron chi connectivity index (χ0n) is 14.5. The lowest BCUT2D eigenvalue weighted by Crippen LogP contribution is -2.11. The number of aryl methyl sites for hydroxylation is 1. The molecule has 0 unspecified atom stereocenters. The van der Waals surface area contributed by atoms with Crippen LogP contribution in [0.1, 0.15) is 16.1 Å². The molecular formula is C18H17N7O2. The zero-order chi connectivity index (χ0) is 18.8. The van der Waals surface area contributed by atoms with E-state index in [2.05, 4.69) is 25.7 Å². The molecular weight excluding hydrogens is 346 g/mol. The second-order valence-electron chi connectivity index (χ2n) is 5.92. The van der Waals surface area contributed by atoms with Crippen molar-refractivity contribution in [3.8, 4) is 0 Å². The summed E-state index contributed by atoms with van der Waals surface area (Å²) in [6, 6.07) is 10.7. The van der Waals surface area contributed by atoms with Crippen molar-refractivity contribution in [3.05, 3.63) is 60.2 Å². The van der Waals surface area contributed by atoms with Crippen LogP contribution in [0.3, 0.4) is 0 Å². The van der Waals surface area contributed by atoms with Crippen LogP contribution in [-0.2, 0) is 13.6 Å². The Morgan fingerprint density at radius 2 is 2.04 bits per heavy atom. The maximum Gasteiger partial charge on any atom is 0.291 e. The molecule has 1 amide bonds. The van der Waals surface area contributed by atoms with Crippen LogP contribution in [0.2, 0.25) is 0 Å². The number of aromatic nitrogens is 4. The molecule has 0 saturated carbocycles. The Morgan fingerprint density at radius 3 is 2.78 bits per heavy atom. The van der Waals surface area contributed by atoms with E-state index >= 15 is 0 Å². The van der Waals surface area contributed by atoms with Crippen molar-refractivity contribution in [1.82, 2.24) is 19.7 Å². The Bertz CT molecular complexity index is 1090. The van der Waals surface area contributed by atoms with E-state index < -0.39 is 0 Å². The Morgan fingerprint density at radius 1 is 1.22 bits per heavy atom. The monoisotopic (exact) mass is 363 g/mol. The van der Waals surface area contributed by atoms with Crippen LogP contribution in [0.15, 0.2) is 53.3 Å². The first-order valence-electron chi connectivity index (χ1n) is 8.23. The van der Waals surface area contributed by atoms with Gasteiger partial charge in [0.2, 0.25) is 5.95 Å². The number of carbonyl (C=O) groups is 1. The number of fused-ring (bicyclic) bond motifs is 1. The minimum absolute atomic E-state index is 0.265. The smallest absolute Gasteiger partial charge is 0.291 e. The fraction of sp³-hybridized carbons (Fsp3) is 0.111. The second-order valence-corrected chi connectivity index (χ2v) is 5.92. The lowest BCUT2D eigenvalue weighted by Gasteiger charge is -2.08. The van der Waals surface area contributed by atoms with Gasteiger partial charge in [-0.25, -0.2) is 0 Å². The van der Waals surface area contributed by atoms with Gasteiger partial charge in [0.25, 0.3) is 5.91 Å². The lowest BCUT2D eigenvalue weighted by atomic mass is 10.2. The quantitative estimate of drug-likeness (QED) is 0.497. The summed E-state index contributed by atoms with van der Waals surface area (Å²) in [4.78, 5) is 20.6. The van der Waals surface area contributed by atoms with Crippen LogP contribution in [0.25, 0.3) is 11.0 Å². The van der Waals surface area contributed by atoms with E-state index in [1.165, 1.54) is 6.26 Å². The average molecular weight is 363 g/mol. The van der Waals surface area contributed by atoms with Gasteiger partial charge in [-0.05, 0) is 29.8 Å². The second kappa shape index (κ2) is 6.79. The van der Waals surface area contributed by atoms with Crippen molar-refractivity contribution in [2.24, 2.45) is 7.05 Å². The van der Waals surface area contributed by atoms with Crippen LogP contribution in [0.5, 0.6) is 0 Å². The first kappa shape index (κ1) is 16.6. The van der Waals surface area contributed by atoms with Crippen LogP contribution >= 0.6 is 0 Å². The zero-order valence-corrected chi connectivity index (χ0v) is 14.5. The Balaban J connectivity index is 1.41. The predicted octanol–water partition coefficient (Wildman–Crippen LogP) is 2.40. The van der Waals surface area contributed by atoms with Crippen molar-refractivity contribution in [2.45, 2.75) is 6.54 Å². The van der Waals surface area contributed by atoms with E-state index in [0.717, 1.165) is 10.9 Å². The number of hydrogen-bond acceptors (Lipinski definition) is 7. The Hall–Kier alpha value is -3.88. The summed E-state index contributed by atoms with van der Waals surface area (Å²) in [7, 11) is 1.80. The highest BCUT2D eigenvalue weighted by Crippen LogP contribution is 2.19. The molecule has 0 aliphatic heterocycles. The molecule has 0 spiro atoms. The molecule has 0 aliphatic carbocycles. The van der Waals surface area contributed by atoms with Crippen molar-refractivity contribution in [3.63, 3.8) is 0 Å². The summed E-state index contributed by atoms with van der Waals surface area (Å²) in [5, 5.41) is 10.8. The number of nitrogens with two attached hydrogens (primary N) is 1. The van der Waals surface area contributed by atoms with Gasteiger partial charge in [0, 0.05) is 19.3 Å². The number of benzene rings is 1. The molecule has 0 aliphatic rings. The highest BCUT2D eigenvalue weighted by Gasteiger charge is 2.10. The van der Waals surface area contributed by atoms with Crippen molar-refractivity contribution < 1.29 is 9.21 Å². The molecule has 9 nitrogen and oxygen atoms in total. The van der Waals surface area contributed by atoms with Crippen molar-refractivity contribution in [1.29, 1.82) is 0 Å². The number of carbonyl (C=O) groups excluding carboxylic acids is 1. The number of nitrogens with zero attached hydrogens (tertiary/aromatic N) is 4. The normalized spacial score (nSPS) is 10.9. The molecule has 3 aromatic heterocycles. The van der Waals surface area contributed by atoms with Gasteiger partial charge in [0.15, 0.2) is 11.4 Å². The third-order valence-corrected chi connectivity index (χ3v) is 4.03. The molecule has 9 heteroatoms. The largest absolute Gasteiger partial charge is 0.459 e. The Kier molecular flexibility index (Phi) is 4.17. The van der Waals surface area contributed by atoms with E-state index in [1.54, 1.807) is 30.1 Å². The number of hydrogen-bond donors (Lipinski definition) is 3. The standard InChI is InChI=1S/C18H17N7O2/c1-25-16-13(10-21-25)15(19)23-18(24-16)20-9-11-4-6-12(7-5-11)22-17(26)14-3-2-8-27-14/h2-8,10H,9H2,1H3,(H,22,26)(H3,19,20,23,24). The molecule has 0 atom stereocenters. The number of anilines is 3. The number of furan rings is 1. The van der Waals surface area contributed by atoms with Gasteiger partial charge in [-0.2, -0.15) is 15.1 Å². The highest BCUT2D eigenvalue weighted by atomic mass is 16.3. The van der Waals surface area contributed by atoms with E-state index in [9.17, 15) is 4.79 Å². The number of amides is 1. The van der Waals surface area contributed by atoms with E-state index in [1.807, 2.05) is 24.3 Å². The summed E-state index contributed by atoms with van der Waals surface area (Å²) in [6.07, 6.45) is 3.10. The maximum absolute atomic E-state index is 12.0. The van der Waals surface area contributed by atoms with E-state index in [4.69, 9.17) is 10.2 Å². The van der Waals surface area contributed by atoms with Gasteiger partial charge >= 0.3 is 0 Å². The van der Waals surface area contributed by atoms with E-state index in [0.29, 0.717) is 29.6 Å². The average Bonchev–Trinajstić information content (AvgIpc) is 3.32. The predicted molar refractivity (Wildman–Crippen MR) is 101 cm³/mol. The molecule has 0 radical (unpaired) electrons. The summed E-state index contributed by atoms with van der Waals surface area (Å²) >= 11 is 0. The summed E-state index contributed by atoms with van der Waals surface area (Å²) < 4.78 is 6.72. The van der Waals surface area contributed by atoms with Crippen LogP contribution in [-0.4, -0.2) is 25.7 Å². The van der Waals surface area contributed by atoms with E-state index in [-0.39, 0.29) is 11.7 Å². The topological polar surface area (TPSA) is 124 Å². The van der Waals surface area contributed by atoms with Gasteiger partial charge in [-0.15, -0.1) is 0 Å². The maximum atomic E-state index is 12.0.